The van der Waals surface area contributed by atoms with E-state index in [2.05, 4.69) is 16.8 Å². The Balaban J connectivity index is 1.83. The highest BCUT2D eigenvalue weighted by atomic mass is 32.1. The molecule has 0 spiro atoms. The fraction of sp³-hybridized carbons (Fsp3) is 0.571. The van der Waals surface area contributed by atoms with E-state index in [1.54, 1.807) is 16.2 Å². The van der Waals surface area contributed by atoms with Crippen LogP contribution in [0.1, 0.15) is 25.3 Å². The number of likely N-dealkylation sites (tertiary alicyclic amines) is 1. The molecule has 1 unspecified atom stereocenters. The van der Waals surface area contributed by atoms with Gasteiger partial charge in [-0.25, -0.2) is 4.79 Å². The molecule has 1 fully saturated rings. The number of aliphatic carboxylic acids is 1. The minimum absolute atomic E-state index is 0.0438. The summed E-state index contributed by atoms with van der Waals surface area (Å²) < 4.78 is 0. The second kappa shape index (κ2) is 6.74. The van der Waals surface area contributed by atoms with Crippen molar-refractivity contribution in [1.29, 1.82) is 0 Å². The Bertz CT molecular complexity index is 461. The first kappa shape index (κ1) is 14.8. The molecule has 20 heavy (non-hydrogen) atoms. The van der Waals surface area contributed by atoms with Gasteiger partial charge in [0.1, 0.15) is 0 Å². The number of urea groups is 1. The van der Waals surface area contributed by atoms with Crippen LogP contribution >= 0.6 is 11.3 Å². The summed E-state index contributed by atoms with van der Waals surface area (Å²) in [5.41, 5.74) is 1.21. The number of carboxylic acid groups (broad SMARTS) is 1. The molecule has 2 heterocycles. The molecule has 2 N–H and O–H groups in total. The molecule has 0 aromatic carbocycles. The lowest BCUT2D eigenvalue weighted by atomic mass is 9.99. The number of amides is 2. The number of carbonyl (C=O) groups is 2. The molecule has 0 saturated carbocycles. The number of thiophene rings is 1. The van der Waals surface area contributed by atoms with Crippen molar-refractivity contribution in [1.82, 2.24) is 10.2 Å². The van der Waals surface area contributed by atoms with E-state index < -0.39 is 11.9 Å². The monoisotopic (exact) mass is 296 g/mol. The first-order chi connectivity index (χ1) is 9.56. The number of piperidine rings is 1. The van der Waals surface area contributed by atoms with Gasteiger partial charge >= 0.3 is 12.0 Å². The summed E-state index contributed by atoms with van der Waals surface area (Å²) in [6.07, 6.45) is 2.21. The van der Waals surface area contributed by atoms with E-state index in [0.717, 1.165) is 12.8 Å². The minimum atomic E-state index is -0.811. The zero-order valence-corrected chi connectivity index (χ0v) is 12.4. The third kappa shape index (κ3) is 3.96. The highest BCUT2D eigenvalue weighted by Gasteiger charge is 2.28. The van der Waals surface area contributed by atoms with E-state index >= 15 is 0 Å². The van der Waals surface area contributed by atoms with Crippen LogP contribution in [0.25, 0.3) is 0 Å². The number of nitrogens with zero attached hydrogens (tertiary/aromatic N) is 1. The lowest BCUT2D eigenvalue weighted by Crippen LogP contribution is -2.49. The molecule has 1 aromatic heterocycles. The Hall–Kier alpha value is -1.56. The molecular formula is C14H20N2O3S. The van der Waals surface area contributed by atoms with Gasteiger partial charge in [0.2, 0.25) is 0 Å². The lowest BCUT2D eigenvalue weighted by Gasteiger charge is -2.31. The Morgan fingerprint density at radius 3 is 3.05 bits per heavy atom. The van der Waals surface area contributed by atoms with Crippen LogP contribution in [0.5, 0.6) is 0 Å². The Morgan fingerprint density at radius 1 is 1.60 bits per heavy atom. The molecular weight excluding hydrogens is 276 g/mol. The fourth-order valence-electron chi connectivity index (χ4n) is 2.48. The van der Waals surface area contributed by atoms with Crippen LogP contribution < -0.4 is 5.32 Å². The summed E-state index contributed by atoms with van der Waals surface area (Å²) in [7, 11) is 0. The first-order valence-electron chi connectivity index (χ1n) is 6.85. The molecule has 1 saturated heterocycles. The number of nitrogens with one attached hydrogen (secondary N) is 1. The molecule has 0 radical (unpaired) electrons. The standard InChI is InChI=1S/C14H20N2O3S/c1-10(7-11-4-6-20-9-11)15-14(19)16-5-2-3-12(8-16)13(17)18/h4,6,9-10,12H,2-3,5,7-8H2,1H3,(H,15,19)(H,17,18)/t10?,12-/m0/s1. The van der Waals surface area contributed by atoms with E-state index in [-0.39, 0.29) is 12.1 Å². The van der Waals surface area contributed by atoms with Crippen molar-refractivity contribution in [2.75, 3.05) is 13.1 Å². The summed E-state index contributed by atoms with van der Waals surface area (Å²) in [6.45, 7) is 2.92. The third-order valence-electron chi connectivity index (χ3n) is 3.55. The highest BCUT2D eigenvalue weighted by Crippen LogP contribution is 2.17. The topological polar surface area (TPSA) is 69.6 Å². The highest BCUT2D eigenvalue weighted by molar-refractivity contribution is 7.07. The van der Waals surface area contributed by atoms with Gasteiger partial charge in [0.25, 0.3) is 0 Å². The molecule has 1 aromatic rings. The Kier molecular flexibility index (Phi) is 5.00. The predicted molar refractivity (Wildman–Crippen MR) is 77.9 cm³/mol. The number of hydrogen-bond donors (Lipinski definition) is 2. The average Bonchev–Trinajstić information content (AvgIpc) is 2.91. The van der Waals surface area contributed by atoms with E-state index in [0.29, 0.717) is 19.5 Å². The van der Waals surface area contributed by atoms with Crippen LogP contribution in [0, 0.1) is 5.92 Å². The number of carboxylic acids is 1. The largest absolute Gasteiger partial charge is 0.481 e. The molecule has 1 aliphatic rings. The molecule has 110 valence electrons. The van der Waals surface area contributed by atoms with Crippen LogP contribution in [0.3, 0.4) is 0 Å². The molecule has 2 atom stereocenters. The molecule has 0 bridgehead atoms. The lowest BCUT2D eigenvalue weighted by molar-refractivity contribution is -0.143. The van der Waals surface area contributed by atoms with E-state index in [9.17, 15) is 9.59 Å². The molecule has 0 aliphatic carbocycles. The Morgan fingerprint density at radius 2 is 2.40 bits per heavy atom. The van der Waals surface area contributed by atoms with E-state index in [1.807, 2.05) is 12.3 Å². The second-order valence-corrected chi connectivity index (χ2v) is 6.09. The normalized spacial score (nSPS) is 20.4. The summed E-state index contributed by atoms with van der Waals surface area (Å²) in [6, 6.07) is 1.94. The molecule has 2 amide bonds. The summed E-state index contributed by atoms with van der Waals surface area (Å²) in [5, 5.41) is 16.1. The quantitative estimate of drug-likeness (QED) is 0.894. The average molecular weight is 296 g/mol. The molecule has 1 aliphatic heterocycles. The summed E-state index contributed by atoms with van der Waals surface area (Å²) in [4.78, 5) is 24.7. The van der Waals surface area contributed by atoms with Crippen LogP contribution in [-0.4, -0.2) is 41.1 Å². The van der Waals surface area contributed by atoms with E-state index in [1.165, 1.54) is 5.56 Å². The van der Waals surface area contributed by atoms with Gasteiger partial charge in [-0.2, -0.15) is 11.3 Å². The zero-order valence-electron chi connectivity index (χ0n) is 11.5. The first-order valence-corrected chi connectivity index (χ1v) is 7.80. The Labute approximate surface area is 122 Å². The van der Waals surface area contributed by atoms with Gasteiger partial charge < -0.3 is 15.3 Å². The number of rotatable bonds is 4. The maximum atomic E-state index is 12.1. The van der Waals surface area contributed by atoms with Crippen molar-refractivity contribution in [3.05, 3.63) is 22.4 Å². The number of hydrogen-bond acceptors (Lipinski definition) is 3. The van der Waals surface area contributed by atoms with Crippen molar-refractivity contribution in [2.45, 2.75) is 32.2 Å². The van der Waals surface area contributed by atoms with Gasteiger partial charge in [0, 0.05) is 19.1 Å². The van der Waals surface area contributed by atoms with Crippen LogP contribution in [0.15, 0.2) is 16.8 Å². The second-order valence-electron chi connectivity index (χ2n) is 5.31. The van der Waals surface area contributed by atoms with Gasteiger partial charge in [-0.1, -0.05) is 0 Å². The van der Waals surface area contributed by atoms with Gasteiger partial charge in [-0.15, -0.1) is 0 Å². The van der Waals surface area contributed by atoms with Gasteiger partial charge in [0.15, 0.2) is 0 Å². The van der Waals surface area contributed by atoms with Crippen LogP contribution in [-0.2, 0) is 11.2 Å². The molecule has 5 nitrogen and oxygen atoms in total. The smallest absolute Gasteiger partial charge is 0.317 e. The van der Waals surface area contributed by atoms with E-state index in [4.69, 9.17) is 5.11 Å². The van der Waals surface area contributed by atoms with Crippen LogP contribution in [0.2, 0.25) is 0 Å². The summed E-state index contributed by atoms with van der Waals surface area (Å²) >= 11 is 1.64. The predicted octanol–water partition coefficient (Wildman–Crippen LogP) is 2.19. The van der Waals surface area contributed by atoms with Gasteiger partial charge in [-0.05, 0) is 48.6 Å². The van der Waals surface area contributed by atoms with Gasteiger partial charge in [-0.3, -0.25) is 4.79 Å². The fourth-order valence-corrected chi connectivity index (χ4v) is 3.16. The van der Waals surface area contributed by atoms with Crippen molar-refractivity contribution in [3.63, 3.8) is 0 Å². The van der Waals surface area contributed by atoms with Gasteiger partial charge in [0.05, 0.1) is 5.92 Å². The minimum Gasteiger partial charge on any atom is -0.481 e. The summed E-state index contributed by atoms with van der Waals surface area (Å²) in [5.74, 6) is -1.24. The van der Waals surface area contributed by atoms with Crippen molar-refractivity contribution in [2.24, 2.45) is 5.92 Å². The zero-order chi connectivity index (χ0) is 14.5. The SMILES string of the molecule is CC(Cc1ccsc1)NC(=O)N1CCC[C@H](C(=O)O)C1. The van der Waals surface area contributed by atoms with Crippen LogP contribution in [0.4, 0.5) is 4.79 Å². The molecule has 6 heteroatoms. The maximum absolute atomic E-state index is 12.1. The third-order valence-corrected chi connectivity index (χ3v) is 4.28. The van der Waals surface area contributed by atoms with Crippen molar-refractivity contribution < 1.29 is 14.7 Å². The number of carbonyl (C=O) groups excluding carboxylic acids is 1. The van der Waals surface area contributed by atoms with Crippen molar-refractivity contribution >= 4 is 23.3 Å². The molecule has 2 rings (SSSR count). The maximum Gasteiger partial charge on any atom is 0.317 e. The van der Waals surface area contributed by atoms with Crippen molar-refractivity contribution in [3.8, 4) is 0 Å².